The van der Waals surface area contributed by atoms with Gasteiger partial charge in [-0.25, -0.2) is 0 Å². The molecule has 0 saturated carbocycles. The number of Topliss-reactive ketones (excluding diaryl/α,β-unsaturated/α-hetero) is 1. The van der Waals surface area contributed by atoms with Crippen molar-refractivity contribution in [2.24, 2.45) is 0 Å². The van der Waals surface area contributed by atoms with Gasteiger partial charge in [0, 0.05) is 22.6 Å². The second kappa shape index (κ2) is 8.15. The van der Waals surface area contributed by atoms with Crippen molar-refractivity contribution < 1.29 is 19.2 Å². The van der Waals surface area contributed by atoms with Crippen LogP contribution in [0.15, 0.2) is 84.9 Å². The van der Waals surface area contributed by atoms with Crippen LogP contribution in [0.2, 0.25) is 0 Å². The van der Waals surface area contributed by atoms with E-state index in [-0.39, 0.29) is 10.7 Å². The maximum Gasteiger partial charge on any atom is 0.287 e. The second-order valence-corrected chi connectivity index (χ2v) is 11.4. The number of hydrogen-bond acceptors (Lipinski definition) is 6. The molecule has 3 aliphatic heterocycles. The number of hydrogen-bond donors (Lipinski definition) is 0. The molecule has 7 heteroatoms. The van der Waals surface area contributed by atoms with Gasteiger partial charge < -0.3 is 9.47 Å². The molecule has 4 aliphatic rings. The maximum absolute atomic E-state index is 15.0. The van der Waals surface area contributed by atoms with Crippen LogP contribution in [-0.2, 0) is 5.54 Å². The Labute approximate surface area is 231 Å². The third-order valence-electron chi connectivity index (χ3n) is 9.91. The van der Waals surface area contributed by atoms with E-state index in [1.54, 1.807) is 7.11 Å². The number of carbonyl (C=O) groups is 1. The van der Waals surface area contributed by atoms with Crippen LogP contribution in [0.4, 0.5) is 0 Å². The zero-order valence-electron chi connectivity index (χ0n) is 22.1. The predicted molar refractivity (Wildman–Crippen MR) is 150 cm³/mol. The minimum Gasteiger partial charge on any atom is -0.497 e. The minimum absolute atomic E-state index is 0.0369. The lowest BCUT2D eigenvalue weighted by molar-refractivity contribution is -0.592. The van der Waals surface area contributed by atoms with Gasteiger partial charge in [0.05, 0.1) is 19.1 Å². The normalized spacial score (nSPS) is 30.0. The quantitative estimate of drug-likeness (QED) is 0.236. The largest absolute Gasteiger partial charge is 0.497 e. The lowest BCUT2D eigenvalue weighted by Gasteiger charge is -2.44. The van der Waals surface area contributed by atoms with Crippen LogP contribution in [0.25, 0.3) is 10.8 Å². The minimum atomic E-state index is -1.59. The van der Waals surface area contributed by atoms with E-state index in [1.165, 1.54) is 0 Å². The zero-order chi connectivity index (χ0) is 27.2. The molecule has 0 amide bonds. The highest BCUT2D eigenvalue weighted by Gasteiger charge is 2.82. The highest BCUT2D eigenvalue weighted by Crippen LogP contribution is 2.69. The van der Waals surface area contributed by atoms with Gasteiger partial charge in [0.2, 0.25) is 0 Å². The molecular weight excluding hydrogens is 504 g/mol. The molecule has 2 saturated heterocycles. The van der Waals surface area contributed by atoms with Crippen molar-refractivity contribution in [2.75, 3.05) is 13.7 Å². The average molecular weight is 533 g/mol. The molecule has 0 N–H and O–H groups in total. The summed E-state index contributed by atoms with van der Waals surface area (Å²) < 4.78 is 12.1. The molecule has 7 nitrogen and oxygen atoms in total. The monoisotopic (exact) mass is 532 g/mol. The smallest absolute Gasteiger partial charge is 0.287 e. The van der Waals surface area contributed by atoms with Crippen molar-refractivity contribution in [2.45, 2.75) is 48.4 Å². The van der Waals surface area contributed by atoms with Gasteiger partial charge in [0.15, 0.2) is 11.9 Å². The predicted octanol–water partition coefficient (Wildman–Crippen LogP) is 6.04. The molecule has 0 unspecified atom stereocenters. The van der Waals surface area contributed by atoms with Gasteiger partial charge in [-0.15, -0.1) is 0 Å². The number of para-hydroxylation sites is 1. The summed E-state index contributed by atoms with van der Waals surface area (Å²) in [5.41, 5.74) is 0.185. The number of ether oxygens (including phenoxy) is 2. The molecule has 4 aromatic rings. The van der Waals surface area contributed by atoms with Gasteiger partial charge in [-0.3, -0.25) is 19.8 Å². The average Bonchev–Trinajstić information content (AvgIpc) is 3.43. The molecule has 5 atom stereocenters. The molecule has 2 fully saturated rings. The third kappa shape index (κ3) is 2.61. The fraction of sp³-hybridized carbons (Fsp3) is 0.303. The Kier molecular flexibility index (Phi) is 4.81. The van der Waals surface area contributed by atoms with E-state index in [0.717, 1.165) is 34.7 Å². The third-order valence-corrected chi connectivity index (χ3v) is 9.91. The van der Waals surface area contributed by atoms with Crippen molar-refractivity contribution in [1.82, 2.24) is 4.90 Å². The Morgan fingerprint density at radius 3 is 2.52 bits per heavy atom. The molecule has 1 aliphatic carbocycles. The number of nitro groups is 1. The SMILES string of the molecule is COc1ccc([C@@H]2Oc3ccccc3[C@@H]3[C@@]2([N+](=O)[O-])[C@H]2CCCCN2[C@]32C(=O)c3cccc4cccc2c34)cc1. The van der Waals surface area contributed by atoms with Crippen LogP contribution in [0, 0.1) is 10.1 Å². The molecule has 200 valence electrons. The molecule has 3 heterocycles. The van der Waals surface area contributed by atoms with Crippen molar-refractivity contribution in [1.29, 1.82) is 0 Å². The summed E-state index contributed by atoms with van der Waals surface area (Å²) in [5, 5.41) is 15.8. The van der Waals surface area contributed by atoms with E-state index in [1.807, 2.05) is 84.9 Å². The summed E-state index contributed by atoms with van der Waals surface area (Å²) >= 11 is 0. The molecule has 1 spiro atoms. The Hall–Kier alpha value is -4.23. The summed E-state index contributed by atoms with van der Waals surface area (Å²) in [7, 11) is 1.60. The van der Waals surface area contributed by atoms with Gasteiger partial charge in [-0.1, -0.05) is 73.2 Å². The first kappa shape index (κ1) is 23.6. The summed E-state index contributed by atoms with van der Waals surface area (Å²) in [6.07, 6.45) is 1.47. The van der Waals surface area contributed by atoms with E-state index in [2.05, 4.69) is 4.90 Å². The fourth-order valence-corrected chi connectivity index (χ4v) is 8.56. The summed E-state index contributed by atoms with van der Waals surface area (Å²) in [6, 6.07) is 26.4. The Morgan fingerprint density at radius 1 is 0.975 bits per heavy atom. The Bertz CT molecular complexity index is 1710. The number of fused-ring (bicyclic) bond motifs is 8. The van der Waals surface area contributed by atoms with E-state index < -0.39 is 29.1 Å². The van der Waals surface area contributed by atoms with Crippen LogP contribution < -0.4 is 9.47 Å². The number of benzene rings is 4. The van der Waals surface area contributed by atoms with Gasteiger partial charge >= 0.3 is 0 Å². The standard InChI is InChI=1S/C33H28N2O5/c1-39-22-17-15-21(16-18-22)31-33(35(37)38)27-14-4-5-19-34(27)32(29(33)23-10-2-3-13-26(23)40-31)25-12-7-9-20-8-6-11-24(28(20)25)30(32)36/h2-3,6-13,15-18,27,29,31H,4-5,14,19H2,1H3/t27-,29+,31+,32+,33+/m1/s1. The van der Waals surface area contributed by atoms with E-state index in [0.29, 0.717) is 35.6 Å². The lowest BCUT2D eigenvalue weighted by atomic mass is 9.62. The molecule has 0 radical (unpaired) electrons. The maximum atomic E-state index is 15.0. The number of carbonyl (C=O) groups excluding carboxylic acids is 1. The van der Waals surface area contributed by atoms with Crippen LogP contribution in [0.1, 0.15) is 58.3 Å². The van der Waals surface area contributed by atoms with E-state index >= 15 is 0 Å². The van der Waals surface area contributed by atoms with Crippen molar-refractivity contribution in [3.8, 4) is 11.5 Å². The zero-order valence-corrected chi connectivity index (χ0v) is 22.1. The van der Waals surface area contributed by atoms with Crippen LogP contribution in [-0.4, -0.2) is 40.8 Å². The summed E-state index contributed by atoms with van der Waals surface area (Å²) in [4.78, 5) is 31.0. The lowest BCUT2D eigenvalue weighted by Crippen LogP contribution is -2.60. The van der Waals surface area contributed by atoms with Crippen molar-refractivity contribution >= 4 is 16.6 Å². The number of piperidine rings is 1. The molecule has 0 bridgehead atoms. The van der Waals surface area contributed by atoms with Crippen LogP contribution in [0.5, 0.6) is 11.5 Å². The van der Waals surface area contributed by atoms with Crippen molar-refractivity contribution in [3.05, 3.63) is 117 Å². The van der Waals surface area contributed by atoms with E-state index in [4.69, 9.17) is 9.47 Å². The van der Waals surface area contributed by atoms with Gasteiger partial charge in [0.1, 0.15) is 17.0 Å². The first-order valence-electron chi connectivity index (χ1n) is 13.9. The first-order chi connectivity index (χ1) is 19.5. The number of rotatable bonds is 3. The Morgan fingerprint density at radius 2 is 1.75 bits per heavy atom. The molecule has 8 rings (SSSR count). The molecular formula is C33H28N2O5. The highest BCUT2D eigenvalue weighted by atomic mass is 16.6. The molecule has 0 aromatic heterocycles. The first-order valence-corrected chi connectivity index (χ1v) is 13.9. The highest BCUT2D eigenvalue weighted by molar-refractivity contribution is 6.21. The van der Waals surface area contributed by atoms with E-state index in [9.17, 15) is 14.9 Å². The van der Waals surface area contributed by atoms with Crippen LogP contribution in [0.3, 0.4) is 0 Å². The molecule has 4 aromatic carbocycles. The number of nitrogens with zero attached hydrogens (tertiary/aromatic N) is 2. The van der Waals surface area contributed by atoms with Crippen LogP contribution >= 0.6 is 0 Å². The number of methoxy groups -OCH3 is 1. The number of ketones is 1. The van der Waals surface area contributed by atoms with Gasteiger partial charge in [-0.05, 0) is 52.9 Å². The fourth-order valence-electron chi connectivity index (χ4n) is 8.56. The molecule has 40 heavy (non-hydrogen) atoms. The summed E-state index contributed by atoms with van der Waals surface area (Å²) in [5.74, 6) is 0.480. The van der Waals surface area contributed by atoms with Gasteiger partial charge in [0.25, 0.3) is 5.54 Å². The second-order valence-electron chi connectivity index (χ2n) is 11.4. The van der Waals surface area contributed by atoms with Crippen molar-refractivity contribution in [3.63, 3.8) is 0 Å². The summed E-state index contributed by atoms with van der Waals surface area (Å²) in [6.45, 7) is 0.615. The van der Waals surface area contributed by atoms with Gasteiger partial charge in [-0.2, -0.15) is 0 Å². The topological polar surface area (TPSA) is 81.9 Å². The Balaban J connectivity index is 1.50.